The van der Waals surface area contributed by atoms with Gasteiger partial charge in [-0.05, 0) is 0 Å². The van der Waals surface area contributed by atoms with Crippen LogP contribution in [0.4, 0.5) is 0 Å². The van der Waals surface area contributed by atoms with Gasteiger partial charge in [0.2, 0.25) is 0 Å². The van der Waals surface area contributed by atoms with Gasteiger partial charge in [-0.25, -0.2) is 0 Å². The van der Waals surface area contributed by atoms with E-state index in [0.29, 0.717) is 32.0 Å². The van der Waals surface area contributed by atoms with Crippen molar-refractivity contribution in [2.24, 2.45) is 26.6 Å². The van der Waals surface area contributed by atoms with Crippen LogP contribution in [0.1, 0.15) is 0 Å². The molecule has 0 amide bonds. The molecule has 1 aliphatic rings. The van der Waals surface area contributed by atoms with Crippen molar-refractivity contribution in [1.82, 2.24) is 5.32 Å². The smallest absolute Gasteiger partial charge is 0.150 e. The van der Waals surface area contributed by atoms with Gasteiger partial charge in [-0.3, -0.25) is 9.98 Å². The molecule has 0 fully saturated rings. The molecule has 0 aromatic carbocycles. The summed E-state index contributed by atoms with van der Waals surface area (Å²) in [6, 6.07) is 0. The van der Waals surface area contributed by atoms with E-state index in [1.165, 1.54) is 0 Å². The molecule has 1 rings (SSSR count). The summed E-state index contributed by atoms with van der Waals surface area (Å²) in [6.45, 7) is 2.07. The van der Waals surface area contributed by atoms with Gasteiger partial charge in [-0.2, -0.15) is 0 Å². The molecule has 0 aromatic heterocycles. The van der Waals surface area contributed by atoms with Gasteiger partial charge >= 0.3 is 0 Å². The molecule has 1 heterocycles. The van der Waals surface area contributed by atoms with Crippen molar-refractivity contribution in [2.45, 2.75) is 0 Å². The molecule has 14 heavy (non-hydrogen) atoms. The van der Waals surface area contributed by atoms with Gasteiger partial charge in [0.05, 0.1) is 13.1 Å². The molecule has 7 nitrogen and oxygen atoms in total. The SMILES string of the molecule is NCCN=C(N)/C(=N/[O-])C1=NCCN1. The molecule has 1 aliphatic heterocycles. The first-order valence-electron chi connectivity index (χ1n) is 4.29. The first-order chi connectivity index (χ1) is 6.79. The zero-order chi connectivity index (χ0) is 10.4. The highest BCUT2D eigenvalue weighted by molar-refractivity contribution is 6.67. The quantitative estimate of drug-likeness (QED) is 0.280. The van der Waals surface area contributed by atoms with E-state index in [0.717, 1.165) is 0 Å². The normalized spacial score (nSPS) is 17.9. The number of hydrogen-bond acceptors (Lipinski definition) is 6. The molecular formula is C7H13N6O-. The summed E-state index contributed by atoms with van der Waals surface area (Å²) < 4.78 is 0. The van der Waals surface area contributed by atoms with Crippen LogP contribution in [0.2, 0.25) is 0 Å². The Kier molecular flexibility index (Phi) is 3.86. The van der Waals surface area contributed by atoms with Crippen molar-refractivity contribution in [3.63, 3.8) is 0 Å². The Bertz CT molecular complexity index is 282. The van der Waals surface area contributed by atoms with Gasteiger partial charge in [0.1, 0.15) is 17.4 Å². The summed E-state index contributed by atoms with van der Waals surface area (Å²) in [6.07, 6.45) is 0. The fraction of sp³-hybridized carbons (Fsp3) is 0.571. The average Bonchev–Trinajstić information content (AvgIpc) is 2.69. The summed E-state index contributed by atoms with van der Waals surface area (Å²) in [5.41, 5.74) is 10.8. The largest absolute Gasteiger partial charge is 0.791 e. The van der Waals surface area contributed by atoms with E-state index in [1.54, 1.807) is 0 Å². The maximum absolute atomic E-state index is 10.5. The van der Waals surface area contributed by atoms with E-state index in [2.05, 4.69) is 20.5 Å². The Balaban J connectivity index is 2.71. The molecule has 0 bridgehead atoms. The lowest BCUT2D eigenvalue weighted by Crippen LogP contribution is -2.37. The second-order valence-electron chi connectivity index (χ2n) is 2.65. The standard InChI is InChI=1S/C7H14N6O/c8-1-2-10-6(9)5(13-14)7-11-3-4-12-7/h14H,1-4,8H2,(H2,9,10)(H,11,12)/p-1/b13-5-. The molecule has 0 unspecified atom stereocenters. The molecule has 5 N–H and O–H groups in total. The maximum Gasteiger partial charge on any atom is 0.150 e. The van der Waals surface area contributed by atoms with E-state index in [-0.39, 0.29) is 11.5 Å². The van der Waals surface area contributed by atoms with E-state index < -0.39 is 0 Å². The molecule has 7 heteroatoms. The van der Waals surface area contributed by atoms with Crippen LogP contribution in [0, 0.1) is 5.21 Å². The van der Waals surface area contributed by atoms with Gasteiger partial charge in [-0.15, -0.1) is 0 Å². The third kappa shape index (κ3) is 2.43. The van der Waals surface area contributed by atoms with E-state index in [9.17, 15) is 5.21 Å². The minimum absolute atomic E-state index is 0.0657. The predicted molar refractivity (Wildman–Crippen MR) is 56.7 cm³/mol. The lowest BCUT2D eigenvalue weighted by molar-refractivity contribution is 0.962. The Morgan fingerprint density at radius 3 is 2.93 bits per heavy atom. The highest BCUT2D eigenvalue weighted by Crippen LogP contribution is 1.91. The molecule has 0 atom stereocenters. The zero-order valence-corrected chi connectivity index (χ0v) is 7.73. The van der Waals surface area contributed by atoms with Gasteiger partial charge in [-0.1, -0.05) is 0 Å². The number of nitrogens with zero attached hydrogens (tertiary/aromatic N) is 3. The number of rotatable bonds is 4. The van der Waals surface area contributed by atoms with Crippen LogP contribution in [0.15, 0.2) is 15.1 Å². The Labute approximate surface area is 81.6 Å². The molecule has 78 valence electrons. The van der Waals surface area contributed by atoms with Crippen LogP contribution >= 0.6 is 0 Å². The van der Waals surface area contributed by atoms with Crippen LogP contribution in [-0.2, 0) is 0 Å². The van der Waals surface area contributed by atoms with E-state index in [4.69, 9.17) is 11.5 Å². The number of hydrogen-bond donors (Lipinski definition) is 3. The average molecular weight is 197 g/mol. The number of nitrogens with two attached hydrogens (primary N) is 2. The highest BCUT2D eigenvalue weighted by Gasteiger charge is 2.14. The monoisotopic (exact) mass is 197 g/mol. The maximum atomic E-state index is 10.5. The Morgan fingerprint density at radius 1 is 1.64 bits per heavy atom. The topological polar surface area (TPSA) is 124 Å². The predicted octanol–water partition coefficient (Wildman–Crippen LogP) is -1.76. The minimum atomic E-state index is 0.0657. The summed E-state index contributed by atoms with van der Waals surface area (Å²) in [5.74, 6) is 0.497. The van der Waals surface area contributed by atoms with Crippen LogP contribution in [-0.4, -0.2) is 43.6 Å². The lowest BCUT2D eigenvalue weighted by atomic mass is 10.3. The summed E-state index contributed by atoms with van der Waals surface area (Å²) in [4.78, 5) is 7.89. The van der Waals surface area contributed by atoms with E-state index >= 15 is 0 Å². The van der Waals surface area contributed by atoms with Crippen LogP contribution in [0.3, 0.4) is 0 Å². The van der Waals surface area contributed by atoms with Gasteiger partial charge < -0.3 is 27.1 Å². The molecule has 0 radical (unpaired) electrons. The number of amidine groups is 2. The van der Waals surface area contributed by atoms with Crippen molar-refractivity contribution in [3.8, 4) is 0 Å². The highest BCUT2D eigenvalue weighted by atomic mass is 16.4. The van der Waals surface area contributed by atoms with Crippen LogP contribution in [0.5, 0.6) is 0 Å². The Hall–Kier alpha value is -1.63. The minimum Gasteiger partial charge on any atom is -0.791 e. The fourth-order valence-electron chi connectivity index (χ4n) is 1.03. The van der Waals surface area contributed by atoms with Gasteiger partial charge in [0, 0.05) is 13.1 Å². The second-order valence-corrected chi connectivity index (χ2v) is 2.65. The van der Waals surface area contributed by atoms with Crippen molar-refractivity contribution in [1.29, 1.82) is 0 Å². The summed E-state index contributed by atoms with van der Waals surface area (Å²) in [7, 11) is 0. The summed E-state index contributed by atoms with van der Waals surface area (Å²) >= 11 is 0. The van der Waals surface area contributed by atoms with Gasteiger partial charge in [0.25, 0.3) is 0 Å². The first-order valence-corrected chi connectivity index (χ1v) is 4.29. The van der Waals surface area contributed by atoms with Crippen molar-refractivity contribution < 1.29 is 0 Å². The molecule has 0 saturated carbocycles. The van der Waals surface area contributed by atoms with Crippen molar-refractivity contribution in [3.05, 3.63) is 5.21 Å². The Morgan fingerprint density at radius 2 is 2.43 bits per heavy atom. The summed E-state index contributed by atoms with van der Waals surface area (Å²) in [5, 5.41) is 16.2. The molecule has 0 aliphatic carbocycles. The molecule has 0 aromatic rings. The van der Waals surface area contributed by atoms with Crippen molar-refractivity contribution >= 4 is 17.4 Å². The molecular weight excluding hydrogens is 184 g/mol. The van der Waals surface area contributed by atoms with E-state index in [1.807, 2.05) is 0 Å². The fourth-order valence-corrected chi connectivity index (χ4v) is 1.03. The third-order valence-electron chi connectivity index (χ3n) is 1.64. The van der Waals surface area contributed by atoms with Crippen LogP contribution in [0.25, 0.3) is 0 Å². The molecule has 0 saturated heterocycles. The van der Waals surface area contributed by atoms with Crippen molar-refractivity contribution in [2.75, 3.05) is 26.2 Å². The first kappa shape index (κ1) is 10.5. The number of nitrogens with one attached hydrogen (secondary N) is 1. The number of aliphatic imine (C=N–C) groups is 2. The van der Waals surface area contributed by atoms with Gasteiger partial charge in [0.15, 0.2) is 0 Å². The van der Waals surface area contributed by atoms with Crippen LogP contribution < -0.4 is 16.8 Å². The lowest BCUT2D eigenvalue weighted by Gasteiger charge is -2.08. The second kappa shape index (κ2) is 5.18. The third-order valence-corrected chi connectivity index (χ3v) is 1.64. The molecule has 0 spiro atoms. The zero-order valence-electron chi connectivity index (χ0n) is 7.73.